The van der Waals surface area contributed by atoms with Gasteiger partial charge in [-0.25, -0.2) is 4.79 Å². The third kappa shape index (κ3) is 4.77. The standard InChI is InChI=1S/C15H20INO3/c1-10(2)17(11(3)4)14(18)9-20-15(19)12-6-5-7-13(16)8-12/h5-8,10-11H,9H2,1-4H3. The van der Waals surface area contributed by atoms with Crippen LogP contribution in [0.1, 0.15) is 38.1 Å². The summed E-state index contributed by atoms with van der Waals surface area (Å²) >= 11 is 2.13. The normalized spacial score (nSPS) is 10.8. The molecule has 4 nitrogen and oxygen atoms in total. The van der Waals surface area contributed by atoms with Crippen molar-refractivity contribution in [2.45, 2.75) is 39.8 Å². The molecule has 0 bridgehead atoms. The molecule has 0 aliphatic carbocycles. The molecule has 1 amide bonds. The molecule has 1 rings (SSSR count). The third-order valence-electron chi connectivity index (χ3n) is 2.79. The molecule has 0 heterocycles. The van der Waals surface area contributed by atoms with Gasteiger partial charge in [0.25, 0.3) is 5.91 Å². The molecule has 0 aromatic heterocycles. The first-order valence-corrected chi connectivity index (χ1v) is 7.64. The Morgan fingerprint density at radius 1 is 1.20 bits per heavy atom. The van der Waals surface area contributed by atoms with Crippen LogP contribution in [-0.4, -0.2) is 35.5 Å². The number of hydrogen-bond acceptors (Lipinski definition) is 3. The zero-order chi connectivity index (χ0) is 15.3. The molecule has 0 N–H and O–H groups in total. The number of carbonyl (C=O) groups excluding carboxylic acids is 2. The topological polar surface area (TPSA) is 46.6 Å². The molecule has 0 aliphatic rings. The fourth-order valence-corrected chi connectivity index (χ4v) is 2.62. The van der Waals surface area contributed by atoms with Crippen LogP contribution in [0.5, 0.6) is 0 Å². The minimum Gasteiger partial charge on any atom is -0.452 e. The molecule has 0 fully saturated rings. The molecule has 1 aromatic rings. The van der Waals surface area contributed by atoms with Gasteiger partial charge in [0.1, 0.15) is 0 Å². The van der Waals surface area contributed by atoms with Gasteiger partial charge in [-0.3, -0.25) is 4.79 Å². The van der Waals surface area contributed by atoms with Crippen LogP contribution in [0.4, 0.5) is 0 Å². The molecular formula is C15H20INO3. The lowest BCUT2D eigenvalue weighted by Gasteiger charge is -2.30. The molecule has 0 aliphatic heterocycles. The number of rotatable bonds is 5. The predicted octanol–water partition coefficient (Wildman–Crippen LogP) is 3.09. The van der Waals surface area contributed by atoms with Crippen LogP contribution in [0.25, 0.3) is 0 Å². The minimum atomic E-state index is -0.468. The van der Waals surface area contributed by atoms with E-state index in [-0.39, 0.29) is 24.6 Å². The molecule has 110 valence electrons. The second-order valence-corrected chi connectivity index (χ2v) is 6.32. The lowest BCUT2D eigenvalue weighted by atomic mass is 10.2. The summed E-state index contributed by atoms with van der Waals surface area (Å²) in [6.45, 7) is 7.55. The van der Waals surface area contributed by atoms with Crippen molar-refractivity contribution in [2.75, 3.05) is 6.61 Å². The van der Waals surface area contributed by atoms with Gasteiger partial charge in [0.2, 0.25) is 0 Å². The summed E-state index contributed by atoms with van der Waals surface area (Å²) in [6.07, 6.45) is 0. The molecule has 0 saturated heterocycles. The van der Waals surface area contributed by atoms with Crippen molar-refractivity contribution in [2.24, 2.45) is 0 Å². The van der Waals surface area contributed by atoms with Crippen molar-refractivity contribution in [3.8, 4) is 0 Å². The van der Waals surface area contributed by atoms with Crippen molar-refractivity contribution in [3.63, 3.8) is 0 Å². The number of hydrogen-bond donors (Lipinski definition) is 0. The zero-order valence-corrected chi connectivity index (χ0v) is 14.4. The van der Waals surface area contributed by atoms with E-state index in [0.29, 0.717) is 5.56 Å². The zero-order valence-electron chi connectivity index (χ0n) is 12.2. The van der Waals surface area contributed by atoms with Crippen LogP contribution in [0, 0.1) is 3.57 Å². The molecule has 0 atom stereocenters. The van der Waals surface area contributed by atoms with Gasteiger partial charge in [0.15, 0.2) is 6.61 Å². The molecule has 0 spiro atoms. The Morgan fingerprint density at radius 3 is 2.30 bits per heavy atom. The largest absolute Gasteiger partial charge is 0.452 e. The Balaban J connectivity index is 2.62. The molecule has 20 heavy (non-hydrogen) atoms. The van der Waals surface area contributed by atoms with Gasteiger partial charge in [-0.1, -0.05) is 6.07 Å². The van der Waals surface area contributed by atoms with Crippen LogP contribution in [0.2, 0.25) is 0 Å². The second-order valence-electron chi connectivity index (χ2n) is 5.07. The Kier molecular flexibility index (Phi) is 6.45. The Morgan fingerprint density at radius 2 is 1.80 bits per heavy atom. The quantitative estimate of drug-likeness (QED) is 0.575. The highest BCUT2D eigenvalue weighted by Crippen LogP contribution is 2.10. The van der Waals surface area contributed by atoms with E-state index in [1.54, 1.807) is 23.1 Å². The van der Waals surface area contributed by atoms with Crippen LogP contribution in [0.15, 0.2) is 24.3 Å². The summed E-state index contributed by atoms with van der Waals surface area (Å²) in [5, 5.41) is 0. The van der Waals surface area contributed by atoms with Crippen molar-refractivity contribution >= 4 is 34.5 Å². The van der Waals surface area contributed by atoms with E-state index in [9.17, 15) is 9.59 Å². The molecule has 0 radical (unpaired) electrons. The maximum Gasteiger partial charge on any atom is 0.338 e. The maximum atomic E-state index is 12.1. The Hall–Kier alpha value is -1.11. The van der Waals surface area contributed by atoms with Crippen LogP contribution < -0.4 is 0 Å². The van der Waals surface area contributed by atoms with E-state index < -0.39 is 5.97 Å². The number of halogens is 1. The van der Waals surface area contributed by atoms with E-state index in [2.05, 4.69) is 22.6 Å². The number of esters is 1. The summed E-state index contributed by atoms with van der Waals surface area (Å²) in [7, 11) is 0. The number of benzene rings is 1. The third-order valence-corrected chi connectivity index (χ3v) is 3.46. The van der Waals surface area contributed by atoms with Crippen molar-refractivity contribution in [1.82, 2.24) is 4.90 Å². The highest BCUT2D eigenvalue weighted by atomic mass is 127. The number of nitrogens with zero attached hydrogens (tertiary/aromatic N) is 1. The van der Waals surface area contributed by atoms with Crippen LogP contribution >= 0.6 is 22.6 Å². The fraction of sp³-hybridized carbons (Fsp3) is 0.467. The summed E-state index contributed by atoms with van der Waals surface area (Å²) in [5.41, 5.74) is 0.463. The van der Waals surface area contributed by atoms with E-state index in [4.69, 9.17) is 4.74 Å². The first kappa shape index (κ1) is 16.9. The van der Waals surface area contributed by atoms with E-state index in [1.165, 1.54) is 0 Å². The summed E-state index contributed by atoms with van der Waals surface area (Å²) in [6, 6.07) is 7.25. The lowest BCUT2D eigenvalue weighted by Crippen LogP contribution is -2.44. The average Bonchev–Trinajstić information content (AvgIpc) is 2.35. The molecule has 1 aromatic carbocycles. The highest BCUT2D eigenvalue weighted by molar-refractivity contribution is 14.1. The Bertz CT molecular complexity index is 478. The van der Waals surface area contributed by atoms with Gasteiger partial charge in [-0.15, -0.1) is 0 Å². The average molecular weight is 389 g/mol. The first-order valence-electron chi connectivity index (χ1n) is 6.56. The predicted molar refractivity (Wildman–Crippen MR) is 86.6 cm³/mol. The summed E-state index contributed by atoms with van der Waals surface area (Å²) < 4.78 is 6.05. The lowest BCUT2D eigenvalue weighted by molar-refractivity contribution is -0.138. The van der Waals surface area contributed by atoms with E-state index >= 15 is 0 Å². The minimum absolute atomic E-state index is 0.0823. The van der Waals surface area contributed by atoms with Crippen molar-refractivity contribution < 1.29 is 14.3 Å². The molecule has 0 saturated carbocycles. The number of ether oxygens (including phenoxy) is 1. The van der Waals surface area contributed by atoms with E-state index in [1.807, 2.05) is 33.8 Å². The Labute approximate surface area is 133 Å². The smallest absolute Gasteiger partial charge is 0.338 e. The summed E-state index contributed by atoms with van der Waals surface area (Å²) in [4.78, 5) is 25.7. The first-order chi connectivity index (χ1) is 9.32. The highest BCUT2D eigenvalue weighted by Gasteiger charge is 2.21. The number of carbonyl (C=O) groups is 2. The fourth-order valence-electron chi connectivity index (χ4n) is 2.07. The summed E-state index contributed by atoms with van der Waals surface area (Å²) in [5.74, 6) is -0.640. The molecular weight excluding hydrogens is 369 g/mol. The second kappa shape index (κ2) is 7.61. The van der Waals surface area contributed by atoms with Gasteiger partial charge < -0.3 is 9.64 Å². The van der Waals surface area contributed by atoms with Crippen LogP contribution in [0.3, 0.4) is 0 Å². The van der Waals surface area contributed by atoms with Gasteiger partial charge in [0, 0.05) is 15.7 Å². The maximum absolute atomic E-state index is 12.1. The van der Waals surface area contributed by atoms with Crippen molar-refractivity contribution in [3.05, 3.63) is 33.4 Å². The van der Waals surface area contributed by atoms with Gasteiger partial charge >= 0.3 is 5.97 Å². The van der Waals surface area contributed by atoms with Crippen molar-refractivity contribution in [1.29, 1.82) is 0 Å². The molecule has 5 heteroatoms. The van der Waals surface area contributed by atoms with Gasteiger partial charge in [-0.2, -0.15) is 0 Å². The SMILES string of the molecule is CC(C)N(C(=O)COC(=O)c1cccc(I)c1)C(C)C. The number of amides is 1. The van der Waals surface area contributed by atoms with Gasteiger partial charge in [-0.05, 0) is 68.5 Å². The van der Waals surface area contributed by atoms with Gasteiger partial charge in [0.05, 0.1) is 5.56 Å². The van der Waals surface area contributed by atoms with E-state index in [0.717, 1.165) is 3.57 Å². The molecule has 0 unspecified atom stereocenters. The monoisotopic (exact) mass is 389 g/mol. The van der Waals surface area contributed by atoms with Crippen LogP contribution in [-0.2, 0) is 9.53 Å².